The first kappa shape index (κ1) is 16.7. The summed E-state index contributed by atoms with van der Waals surface area (Å²) in [7, 11) is -1.18. The van der Waals surface area contributed by atoms with Crippen molar-refractivity contribution in [1.82, 2.24) is 4.98 Å². The normalized spacial score (nSPS) is 19.2. The van der Waals surface area contributed by atoms with Gasteiger partial charge in [0, 0.05) is 22.6 Å². The van der Waals surface area contributed by atoms with Gasteiger partial charge < -0.3 is 4.74 Å². The van der Waals surface area contributed by atoms with Crippen LogP contribution in [0.25, 0.3) is 0 Å². The van der Waals surface area contributed by atoms with Gasteiger partial charge in [-0.1, -0.05) is 24.3 Å². The topological polar surface area (TPSA) is 39.2 Å². The first-order chi connectivity index (χ1) is 10.4. The number of aromatic nitrogens is 1. The zero-order valence-corrected chi connectivity index (χ0v) is 12.8. The van der Waals surface area contributed by atoms with Crippen molar-refractivity contribution in [1.29, 1.82) is 0 Å². The number of rotatable bonds is 5. The van der Waals surface area contributed by atoms with Gasteiger partial charge >= 0.3 is 6.18 Å². The van der Waals surface area contributed by atoms with Crippen LogP contribution in [0.5, 0.6) is 5.75 Å². The van der Waals surface area contributed by atoms with E-state index in [2.05, 4.69) is 4.98 Å². The molecule has 3 nitrogen and oxygen atoms in total. The van der Waals surface area contributed by atoms with Crippen LogP contribution in [0.1, 0.15) is 17.7 Å². The fourth-order valence-corrected chi connectivity index (χ4v) is 3.38. The molecule has 0 radical (unpaired) electrons. The van der Waals surface area contributed by atoms with Gasteiger partial charge in [0.1, 0.15) is 5.75 Å². The Hall–Kier alpha value is -1.63. The van der Waals surface area contributed by atoms with Crippen molar-refractivity contribution in [2.75, 3.05) is 6.61 Å². The highest BCUT2D eigenvalue weighted by Crippen LogP contribution is 2.24. The number of ether oxygens (including phenoxy) is 1. The molecule has 1 heterocycles. The lowest BCUT2D eigenvalue weighted by Gasteiger charge is -2.15. The molecule has 1 aromatic rings. The number of nitrogens with zero attached hydrogens (tertiary/aromatic N) is 1. The molecule has 0 aliphatic heterocycles. The first-order valence-corrected chi connectivity index (χ1v) is 8.09. The van der Waals surface area contributed by atoms with E-state index in [-0.39, 0.29) is 16.8 Å². The fraction of sp³-hybridized carbons (Fsp3) is 0.400. The summed E-state index contributed by atoms with van der Waals surface area (Å²) in [6, 6.07) is 1.39. The van der Waals surface area contributed by atoms with Crippen LogP contribution in [0, 0.1) is 6.92 Å². The third kappa shape index (κ3) is 4.69. The Morgan fingerprint density at radius 1 is 1.41 bits per heavy atom. The van der Waals surface area contributed by atoms with E-state index < -0.39 is 23.6 Å². The Balaban J connectivity index is 2.06. The van der Waals surface area contributed by atoms with Gasteiger partial charge in [0.15, 0.2) is 6.61 Å². The third-order valence-corrected chi connectivity index (χ3v) is 4.79. The molecule has 0 saturated carbocycles. The summed E-state index contributed by atoms with van der Waals surface area (Å²) in [6.07, 6.45) is 5.21. The molecule has 0 spiro atoms. The molecular weight excluding hydrogens is 315 g/mol. The second kappa shape index (κ2) is 7.09. The van der Waals surface area contributed by atoms with Crippen LogP contribution in [-0.4, -0.2) is 27.2 Å². The SMILES string of the molecule is Cc1c(OCC(F)(F)F)ccnc1CS(=O)[C@H]1C=CC=CC1. The minimum absolute atomic E-state index is 0.0917. The monoisotopic (exact) mass is 331 g/mol. The van der Waals surface area contributed by atoms with Gasteiger partial charge in [-0.3, -0.25) is 9.19 Å². The van der Waals surface area contributed by atoms with E-state index in [4.69, 9.17) is 4.74 Å². The molecule has 2 rings (SSSR count). The first-order valence-electron chi connectivity index (χ1n) is 6.71. The van der Waals surface area contributed by atoms with Crippen LogP contribution < -0.4 is 4.74 Å². The molecule has 1 unspecified atom stereocenters. The smallest absolute Gasteiger partial charge is 0.422 e. The van der Waals surface area contributed by atoms with E-state index in [1.54, 1.807) is 6.92 Å². The van der Waals surface area contributed by atoms with Crippen LogP contribution in [0.4, 0.5) is 13.2 Å². The summed E-state index contributed by atoms with van der Waals surface area (Å²) in [5.74, 6) is 0.316. The predicted molar refractivity (Wildman–Crippen MR) is 79.1 cm³/mol. The van der Waals surface area contributed by atoms with Gasteiger partial charge in [0.05, 0.1) is 16.7 Å². The van der Waals surface area contributed by atoms with E-state index in [1.165, 1.54) is 12.3 Å². The maximum Gasteiger partial charge on any atom is 0.422 e. The Morgan fingerprint density at radius 3 is 2.82 bits per heavy atom. The van der Waals surface area contributed by atoms with Crippen LogP contribution in [-0.2, 0) is 16.6 Å². The van der Waals surface area contributed by atoms with Crippen molar-refractivity contribution in [3.05, 3.63) is 47.8 Å². The zero-order chi connectivity index (χ0) is 16.2. The van der Waals surface area contributed by atoms with Gasteiger partial charge in [0.2, 0.25) is 0 Å². The minimum Gasteiger partial charge on any atom is -0.484 e. The van der Waals surface area contributed by atoms with E-state index in [0.717, 1.165) is 0 Å². The molecule has 1 aliphatic rings. The zero-order valence-electron chi connectivity index (χ0n) is 12.0. The van der Waals surface area contributed by atoms with Gasteiger partial charge in [-0.05, 0) is 19.4 Å². The molecule has 0 N–H and O–H groups in total. The molecule has 2 atom stereocenters. The number of allylic oxidation sites excluding steroid dienone is 3. The molecule has 0 amide bonds. The summed E-state index contributed by atoms with van der Waals surface area (Å²) in [5.41, 5.74) is 0.997. The molecule has 7 heteroatoms. The molecule has 1 aliphatic carbocycles. The van der Waals surface area contributed by atoms with Crippen molar-refractivity contribution in [3.63, 3.8) is 0 Å². The summed E-state index contributed by atoms with van der Waals surface area (Å²) in [4.78, 5) is 4.12. The van der Waals surface area contributed by atoms with Crippen molar-refractivity contribution in [2.24, 2.45) is 0 Å². The standard InChI is InChI=1S/C15H16F3NO2S/c1-11-13(9-22(20)12-5-3-2-4-6-12)19-8-7-14(11)21-10-15(16,17)18/h2-5,7-8,12H,6,9-10H2,1H3/t12-,22?/m0/s1. The van der Waals surface area contributed by atoms with E-state index in [1.807, 2.05) is 24.3 Å². The summed E-state index contributed by atoms with van der Waals surface area (Å²) in [6.45, 7) is 0.276. The van der Waals surface area contributed by atoms with Crippen LogP contribution in [0.2, 0.25) is 0 Å². The van der Waals surface area contributed by atoms with Crippen molar-refractivity contribution >= 4 is 10.8 Å². The van der Waals surface area contributed by atoms with Crippen molar-refractivity contribution < 1.29 is 22.1 Å². The second-order valence-electron chi connectivity index (χ2n) is 4.90. The van der Waals surface area contributed by atoms with Gasteiger partial charge in [0.25, 0.3) is 0 Å². The van der Waals surface area contributed by atoms with Crippen LogP contribution >= 0.6 is 0 Å². The number of hydrogen-bond donors (Lipinski definition) is 0. The molecular formula is C15H16F3NO2S. The van der Waals surface area contributed by atoms with Gasteiger partial charge in [-0.2, -0.15) is 13.2 Å². The Labute approximate surface area is 129 Å². The Kier molecular flexibility index (Phi) is 5.39. The fourth-order valence-electron chi connectivity index (χ4n) is 2.02. The molecule has 0 saturated heterocycles. The van der Waals surface area contributed by atoms with Crippen molar-refractivity contribution in [3.8, 4) is 5.75 Å². The van der Waals surface area contributed by atoms with Gasteiger partial charge in [-0.25, -0.2) is 0 Å². The highest BCUT2D eigenvalue weighted by Gasteiger charge is 2.29. The average molecular weight is 331 g/mol. The largest absolute Gasteiger partial charge is 0.484 e. The maximum atomic E-state index is 12.3. The highest BCUT2D eigenvalue weighted by atomic mass is 32.2. The summed E-state index contributed by atoms with van der Waals surface area (Å²) in [5, 5.41) is -0.0917. The lowest BCUT2D eigenvalue weighted by atomic mass is 10.2. The molecule has 0 fully saturated rings. The van der Waals surface area contributed by atoms with E-state index in [9.17, 15) is 17.4 Å². The second-order valence-corrected chi connectivity index (χ2v) is 6.55. The maximum absolute atomic E-state index is 12.3. The Bertz CT molecular complexity index is 611. The molecule has 22 heavy (non-hydrogen) atoms. The molecule has 0 aromatic carbocycles. The lowest BCUT2D eigenvalue weighted by Crippen LogP contribution is -2.20. The molecule has 0 bridgehead atoms. The molecule has 1 aromatic heterocycles. The highest BCUT2D eigenvalue weighted by molar-refractivity contribution is 7.85. The Morgan fingerprint density at radius 2 is 2.18 bits per heavy atom. The van der Waals surface area contributed by atoms with Gasteiger partial charge in [-0.15, -0.1) is 0 Å². The van der Waals surface area contributed by atoms with Crippen LogP contribution in [0.3, 0.4) is 0 Å². The number of hydrogen-bond acceptors (Lipinski definition) is 3. The number of pyridine rings is 1. The average Bonchev–Trinajstić information content (AvgIpc) is 2.48. The van der Waals surface area contributed by atoms with Crippen LogP contribution in [0.15, 0.2) is 36.6 Å². The summed E-state index contributed by atoms with van der Waals surface area (Å²) < 4.78 is 53.8. The number of alkyl halides is 3. The quantitative estimate of drug-likeness (QED) is 0.829. The van der Waals surface area contributed by atoms with Crippen molar-refractivity contribution in [2.45, 2.75) is 30.5 Å². The lowest BCUT2D eigenvalue weighted by molar-refractivity contribution is -0.153. The predicted octanol–water partition coefficient (Wildman–Crippen LogP) is 3.46. The van der Waals surface area contributed by atoms with E-state index in [0.29, 0.717) is 17.7 Å². The third-order valence-electron chi connectivity index (χ3n) is 3.21. The summed E-state index contributed by atoms with van der Waals surface area (Å²) >= 11 is 0. The minimum atomic E-state index is -4.39. The number of halogens is 3. The van der Waals surface area contributed by atoms with E-state index >= 15 is 0 Å². The molecule has 120 valence electrons.